The van der Waals surface area contributed by atoms with Gasteiger partial charge in [0.25, 0.3) is 0 Å². The van der Waals surface area contributed by atoms with Crippen molar-refractivity contribution in [1.82, 2.24) is 0 Å². The molecular weight excluding hydrogens is 120 g/mol. The Hall–Kier alpha value is -0.260. The zero-order valence-corrected chi connectivity index (χ0v) is 7.03. The molecule has 0 N–H and O–H groups in total. The summed E-state index contributed by atoms with van der Waals surface area (Å²) >= 11 is 0. The van der Waals surface area contributed by atoms with Crippen LogP contribution in [0.1, 0.15) is 45.4 Å². The van der Waals surface area contributed by atoms with Gasteiger partial charge in [-0.15, -0.1) is 0 Å². The van der Waals surface area contributed by atoms with E-state index in [9.17, 15) is 0 Å². The summed E-state index contributed by atoms with van der Waals surface area (Å²) in [4.78, 5) is 0. The minimum absolute atomic E-state index is 1.01. The van der Waals surface area contributed by atoms with Crippen LogP contribution in [0.25, 0.3) is 0 Å². The second-order valence-electron chi connectivity index (χ2n) is 3.52. The third-order valence-electron chi connectivity index (χ3n) is 2.37. The summed E-state index contributed by atoms with van der Waals surface area (Å²) in [6.07, 6.45) is 8.31. The van der Waals surface area contributed by atoms with Crippen molar-refractivity contribution in [3.63, 3.8) is 0 Å². The van der Waals surface area contributed by atoms with Gasteiger partial charge in [0.2, 0.25) is 0 Å². The maximum Gasteiger partial charge on any atom is -0.0291 e. The first-order valence-corrected chi connectivity index (χ1v) is 4.49. The molecule has 0 atom stereocenters. The summed E-state index contributed by atoms with van der Waals surface area (Å²) in [7, 11) is 0. The maximum absolute atomic E-state index is 3.94. The average molecular weight is 138 g/mol. The number of allylic oxidation sites excluding steroid dienone is 1. The Balaban J connectivity index is 1.90. The Morgan fingerprint density at radius 2 is 2.10 bits per heavy atom. The zero-order valence-electron chi connectivity index (χ0n) is 7.03. The fourth-order valence-corrected chi connectivity index (χ4v) is 1.64. The minimum Gasteiger partial charge on any atom is -0.0998 e. The second-order valence-corrected chi connectivity index (χ2v) is 3.52. The van der Waals surface area contributed by atoms with E-state index in [1.165, 1.54) is 44.1 Å². The first-order chi connectivity index (χ1) is 4.83. The highest BCUT2D eigenvalue weighted by Gasteiger charge is 2.19. The summed E-state index contributed by atoms with van der Waals surface area (Å²) < 4.78 is 0. The highest BCUT2D eigenvalue weighted by Crippen LogP contribution is 2.35. The minimum atomic E-state index is 1.01. The molecule has 0 nitrogen and oxygen atoms in total. The van der Waals surface area contributed by atoms with Crippen molar-refractivity contribution in [1.29, 1.82) is 0 Å². The van der Waals surface area contributed by atoms with Crippen molar-refractivity contribution in [3.05, 3.63) is 12.2 Å². The van der Waals surface area contributed by atoms with Crippen molar-refractivity contribution in [2.75, 3.05) is 0 Å². The van der Waals surface area contributed by atoms with Crippen LogP contribution in [0.2, 0.25) is 0 Å². The van der Waals surface area contributed by atoms with Gasteiger partial charge in [-0.2, -0.15) is 0 Å². The topological polar surface area (TPSA) is 0 Å². The van der Waals surface area contributed by atoms with E-state index in [1.807, 2.05) is 0 Å². The summed E-state index contributed by atoms with van der Waals surface area (Å²) in [5.74, 6) is 1.01. The fourth-order valence-electron chi connectivity index (χ4n) is 1.64. The Labute approximate surface area is 64.3 Å². The van der Waals surface area contributed by atoms with E-state index in [2.05, 4.69) is 13.5 Å². The van der Waals surface area contributed by atoms with Gasteiger partial charge in [-0.1, -0.05) is 38.3 Å². The molecule has 1 aliphatic carbocycles. The lowest BCUT2D eigenvalue weighted by Crippen LogP contribution is -2.13. The van der Waals surface area contributed by atoms with Crippen molar-refractivity contribution in [2.45, 2.75) is 45.4 Å². The van der Waals surface area contributed by atoms with Crippen molar-refractivity contribution < 1.29 is 0 Å². The first kappa shape index (κ1) is 7.84. The van der Waals surface area contributed by atoms with Crippen LogP contribution in [0.4, 0.5) is 0 Å². The highest BCUT2D eigenvalue weighted by atomic mass is 14.2. The van der Waals surface area contributed by atoms with Crippen LogP contribution in [0, 0.1) is 5.92 Å². The average Bonchev–Trinajstić information content (AvgIpc) is 1.85. The Morgan fingerprint density at radius 3 is 2.60 bits per heavy atom. The molecule has 0 saturated heterocycles. The standard InChI is InChI=1S/C10H18/c1-3-4-5-6-10-7-9(2)8-10/h10H,2-8H2,1H3. The van der Waals surface area contributed by atoms with Gasteiger partial charge in [0.1, 0.15) is 0 Å². The maximum atomic E-state index is 3.94. The summed E-state index contributed by atoms with van der Waals surface area (Å²) in [6, 6.07) is 0. The second kappa shape index (κ2) is 3.80. The van der Waals surface area contributed by atoms with Crippen molar-refractivity contribution >= 4 is 0 Å². The van der Waals surface area contributed by atoms with Gasteiger partial charge in [-0.3, -0.25) is 0 Å². The lowest BCUT2D eigenvalue weighted by molar-refractivity contribution is 0.374. The number of rotatable bonds is 4. The molecule has 0 aromatic heterocycles. The van der Waals surface area contributed by atoms with Crippen LogP contribution >= 0.6 is 0 Å². The molecule has 0 bridgehead atoms. The molecule has 0 aromatic rings. The molecule has 1 saturated carbocycles. The Morgan fingerprint density at radius 1 is 1.40 bits per heavy atom. The van der Waals surface area contributed by atoms with Gasteiger partial charge >= 0.3 is 0 Å². The van der Waals surface area contributed by atoms with Crippen LogP contribution in [-0.2, 0) is 0 Å². The van der Waals surface area contributed by atoms with Gasteiger partial charge in [0, 0.05) is 0 Å². The van der Waals surface area contributed by atoms with Crippen LogP contribution in [0.5, 0.6) is 0 Å². The molecule has 1 fully saturated rings. The largest absolute Gasteiger partial charge is 0.0998 e. The molecule has 1 aliphatic rings. The normalized spacial score (nSPS) is 19.1. The molecule has 0 aliphatic heterocycles. The van der Waals surface area contributed by atoms with Crippen LogP contribution in [0.15, 0.2) is 12.2 Å². The molecule has 0 aromatic carbocycles. The molecule has 0 heterocycles. The van der Waals surface area contributed by atoms with Crippen molar-refractivity contribution in [3.8, 4) is 0 Å². The lowest BCUT2D eigenvalue weighted by Gasteiger charge is -2.28. The summed E-state index contributed by atoms with van der Waals surface area (Å²) in [6.45, 7) is 6.20. The first-order valence-electron chi connectivity index (χ1n) is 4.49. The van der Waals surface area contributed by atoms with E-state index in [0.29, 0.717) is 0 Å². The van der Waals surface area contributed by atoms with E-state index in [4.69, 9.17) is 0 Å². The quantitative estimate of drug-likeness (QED) is 0.412. The third kappa shape index (κ3) is 2.17. The molecule has 1 rings (SSSR count). The van der Waals surface area contributed by atoms with Gasteiger partial charge in [0.05, 0.1) is 0 Å². The SMILES string of the molecule is C=C1CC(CCCCC)C1. The van der Waals surface area contributed by atoms with E-state index < -0.39 is 0 Å². The van der Waals surface area contributed by atoms with E-state index in [-0.39, 0.29) is 0 Å². The molecule has 58 valence electrons. The van der Waals surface area contributed by atoms with E-state index >= 15 is 0 Å². The highest BCUT2D eigenvalue weighted by molar-refractivity contribution is 5.07. The predicted molar refractivity (Wildman–Crippen MR) is 46.0 cm³/mol. The molecule has 0 amide bonds. The molecule has 10 heavy (non-hydrogen) atoms. The predicted octanol–water partition coefficient (Wildman–Crippen LogP) is 3.53. The van der Waals surface area contributed by atoms with Gasteiger partial charge in [0.15, 0.2) is 0 Å². The van der Waals surface area contributed by atoms with Crippen LogP contribution in [0.3, 0.4) is 0 Å². The van der Waals surface area contributed by atoms with Crippen LogP contribution in [-0.4, -0.2) is 0 Å². The number of unbranched alkanes of at least 4 members (excludes halogenated alkanes) is 2. The van der Waals surface area contributed by atoms with E-state index in [1.54, 1.807) is 0 Å². The van der Waals surface area contributed by atoms with Gasteiger partial charge in [-0.25, -0.2) is 0 Å². The monoisotopic (exact) mass is 138 g/mol. The number of hydrogen-bond donors (Lipinski definition) is 0. The summed E-state index contributed by atoms with van der Waals surface area (Å²) in [5, 5.41) is 0. The Bertz CT molecular complexity index is 105. The molecule has 0 spiro atoms. The molecule has 0 heteroatoms. The lowest BCUT2D eigenvalue weighted by atomic mass is 9.78. The Kier molecular flexibility index (Phi) is 2.98. The van der Waals surface area contributed by atoms with E-state index in [0.717, 1.165) is 5.92 Å². The number of hydrogen-bond acceptors (Lipinski definition) is 0. The fraction of sp³-hybridized carbons (Fsp3) is 0.800. The summed E-state index contributed by atoms with van der Waals surface area (Å²) in [5.41, 5.74) is 1.47. The van der Waals surface area contributed by atoms with Crippen LogP contribution < -0.4 is 0 Å². The molecule has 0 unspecified atom stereocenters. The zero-order chi connectivity index (χ0) is 7.40. The smallest absolute Gasteiger partial charge is 0.0291 e. The van der Waals surface area contributed by atoms with Crippen molar-refractivity contribution in [2.24, 2.45) is 5.92 Å². The van der Waals surface area contributed by atoms with Gasteiger partial charge < -0.3 is 0 Å². The molecule has 0 radical (unpaired) electrons. The molecular formula is C10H18. The third-order valence-corrected chi connectivity index (χ3v) is 2.37. The van der Waals surface area contributed by atoms with Gasteiger partial charge in [-0.05, 0) is 25.2 Å².